The SMILES string of the molecule is C[C@@H](OC(=O)Cn1nc(-c2ccccc2)oc1=O)C(=O)NC(=O)NC1CCCC1. The van der Waals surface area contributed by atoms with Gasteiger partial charge in [0.25, 0.3) is 5.91 Å². The summed E-state index contributed by atoms with van der Waals surface area (Å²) in [5.74, 6) is -2.38. The van der Waals surface area contributed by atoms with Crippen LogP contribution in [0, 0.1) is 0 Å². The number of imide groups is 1. The number of urea groups is 1. The molecule has 1 heterocycles. The molecule has 0 unspecified atom stereocenters. The summed E-state index contributed by atoms with van der Waals surface area (Å²) in [4.78, 5) is 47.8. The van der Waals surface area contributed by atoms with E-state index in [-0.39, 0.29) is 11.9 Å². The minimum Gasteiger partial charge on any atom is -0.451 e. The average Bonchev–Trinajstić information content (AvgIpc) is 3.32. The van der Waals surface area contributed by atoms with Crippen LogP contribution in [0.1, 0.15) is 32.6 Å². The minimum atomic E-state index is -1.21. The normalized spacial score (nSPS) is 14.9. The van der Waals surface area contributed by atoms with Crippen LogP contribution in [0.2, 0.25) is 0 Å². The zero-order valence-electron chi connectivity index (χ0n) is 15.9. The van der Waals surface area contributed by atoms with Crippen LogP contribution in [-0.4, -0.2) is 39.8 Å². The molecule has 2 aromatic rings. The standard InChI is InChI=1S/C19H22N4O6/c1-12(16(25)21-18(26)20-14-9-5-6-10-14)28-15(24)11-23-19(27)29-17(22-23)13-7-3-2-4-8-13/h2-4,7-8,12,14H,5-6,9-11H2,1H3,(H2,20,21,25,26)/t12-/m1/s1. The number of rotatable bonds is 6. The summed E-state index contributed by atoms with van der Waals surface area (Å²) in [6.07, 6.45) is 2.63. The van der Waals surface area contributed by atoms with Crippen molar-refractivity contribution in [3.63, 3.8) is 0 Å². The van der Waals surface area contributed by atoms with E-state index in [4.69, 9.17) is 9.15 Å². The van der Waals surface area contributed by atoms with E-state index in [2.05, 4.69) is 15.7 Å². The van der Waals surface area contributed by atoms with Gasteiger partial charge in [-0.2, -0.15) is 4.68 Å². The van der Waals surface area contributed by atoms with Gasteiger partial charge in [-0.25, -0.2) is 9.59 Å². The second kappa shape index (κ2) is 9.18. The van der Waals surface area contributed by atoms with Crippen molar-refractivity contribution >= 4 is 17.9 Å². The number of carbonyl (C=O) groups excluding carboxylic acids is 3. The number of amides is 3. The minimum absolute atomic E-state index is 0.0542. The molecule has 1 aromatic heterocycles. The third kappa shape index (κ3) is 5.53. The summed E-state index contributed by atoms with van der Waals surface area (Å²) in [7, 11) is 0. The first-order valence-electron chi connectivity index (χ1n) is 9.36. The summed E-state index contributed by atoms with van der Waals surface area (Å²) in [6, 6.07) is 8.16. The molecular weight excluding hydrogens is 380 g/mol. The van der Waals surface area contributed by atoms with Gasteiger partial charge in [0.15, 0.2) is 6.10 Å². The lowest BCUT2D eigenvalue weighted by atomic mass is 10.2. The average molecular weight is 402 g/mol. The molecule has 10 heteroatoms. The molecule has 1 aromatic carbocycles. The Morgan fingerprint density at radius 1 is 1.24 bits per heavy atom. The van der Waals surface area contributed by atoms with E-state index in [0.29, 0.717) is 5.56 Å². The smallest absolute Gasteiger partial charge is 0.437 e. The predicted octanol–water partition coefficient (Wildman–Crippen LogP) is 1.20. The number of esters is 1. The number of hydrogen-bond acceptors (Lipinski definition) is 7. The third-order valence-electron chi connectivity index (χ3n) is 4.51. The Bertz CT molecular complexity index is 930. The van der Waals surface area contributed by atoms with E-state index < -0.39 is 36.3 Å². The fourth-order valence-electron chi connectivity index (χ4n) is 3.02. The van der Waals surface area contributed by atoms with Crippen LogP contribution >= 0.6 is 0 Å². The van der Waals surface area contributed by atoms with Gasteiger partial charge in [-0.05, 0) is 31.9 Å². The Morgan fingerprint density at radius 2 is 1.93 bits per heavy atom. The number of hydrogen-bond donors (Lipinski definition) is 2. The Kier molecular flexibility index (Phi) is 6.43. The molecule has 1 aliphatic rings. The zero-order chi connectivity index (χ0) is 20.8. The van der Waals surface area contributed by atoms with Gasteiger partial charge in [-0.3, -0.25) is 14.9 Å². The largest absolute Gasteiger partial charge is 0.451 e. The monoisotopic (exact) mass is 402 g/mol. The molecule has 2 N–H and O–H groups in total. The van der Waals surface area contributed by atoms with Crippen LogP contribution in [0.4, 0.5) is 4.79 Å². The van der Waals surface area contributed by atoms with Gasteiger partial charge in [0.05, 0.1) is 0 Å². The molecule has 0 radical (unpaired) electrons. The van der Waals surface area contributed by atoms with Gasteiger partial charge in [0.2, 0.25) is 5.89 Å². The number of nitrogens with one attached hydrogen (secondary N) is 2. The molecule has 3 amide bonds. The summed E-state index contributed by atoms with van der Waals surface area (Å²) >= 11 is 0. The second-order valence-corrected chi connectivity index (χ2v) is 6.77. The van der Waals surface area contributed by atoms with Crippen molar-refractivity contribution < 1.29 is 23.5 Å². The molecule has 29 heavy (non-hydrogen) atoms. The molecule has 0 spiro atoms. The van der Waals surface area contributed by atoms with Crippen molar-refractivity contribution in [2.45, 2.75) is 51.3 Å². The first kappa shape index (κ1) is 20.3. The lowest BCUT2D eigenvalue weighted by Gasteiger charge is -2.15. The first-order chi connectivity index (χ1) is 13.9. The van der Waals surface area contributed by atoms with Crippen molar-refractivity contribution in [1.29, 1.82) is 0 Å². The third-order valence-corrected chi connectivity index (χ3v) is 4.51. The molecule has 1 atom stereocenters. The number of nitrogens with zero attached hydrogens (tertiary/aromatic N) is 2. The van der Waals surface area contributed by atoms with Crippen LogP contribution in [0.5, 0.6) is 0 Å². The summed E-state index contributed by atoms with van der Waals surface area (Å²) < 4.78 is 10.8. The van der Waals surface area contributed by atoms with E-state index in [0.717, 1.165) is 30.4 Å². The van der Waals surface area contributed by atoms with Crippen molar-refractivity contribution in [3.8, 4) is 11.5 Å². The number of benzene rings is 1. The lowest BCUT2D eigenvalue weighted by Crippen LogP contribution is -2.47. The predicted molar refractivity (Wildman–Crippen MR) is 101 cm³/mol. The van der Waals surface area contributed by atoms with Gasteiger partial charge in [0.1, 0.15) is 6.54 Å². The summed E-state index contributed by atoms with van der Waals surface area (Å²) in [6.45, 7) is 0.804. The quantitative estimate of drug-likeness (QED) is 0.694. The van der Waals surface area contributed by atoms with Crippen LogP contribution in [0.15, 0.2) is 39.5 Å². The lowest BCUT2D eigenvalue weighted by molar-refractivity contribution is -0.155. The zero-order valence-corrected chi connectivity index (χ0v) is 15.9. The van der Waals surface area contributed by atoms with Gasteiger partial charge in [-0.1, -0.05) is 31.0 Å². The van der Waals surface area contributed by atoms with Crippen LogP contribution in [0.25, 0.3) is 11.5 Å². The van der Waals surface area contributed by atoms with Crippen molar-refractivity contribution in [2.75, 3.05) is 0 Å². The Labute approximate surface area is 166 Å². The Hall–Kier alpha value is -3.43. The van der Waals surface area contributed by atoms with E-state index in [1.165, 1.54) is 6.92 Å². The number of carbonyl (C=O) groups is 3. The van der Waals surface area contributed by atoms with E-state index in [1.54, 1.807) is 30.3 Å². The van der Waals surface area contributed by atoms with Crippen LogP contribution < -0.4 is 16.4 Å². The maximum Gasteiger partial charge on any atom is 0.437 e. The number of ether oxygens (including phenoxy) is 1. The highest BCUT2D eigenvalue weighted by molar-refractivity contribution is 5.97. The van der Waals surface area contributed by atoms with Crippen LogP contribution in [0.3, 0.4) is 0 Å². The van der Waals surface area contributed by atoms with Gasteiger partial charge in [0, 0.05) is 11.6 Å². The molecule has 1 fully saturated rings. The molecule has 1 saturated carbocycles. The Balaban J connectivity index is 1.51. The molecule has 0 saturated heterocycles. The fourth-order valence-corrected chi connectivity index (χ4v) is 3.02. The summed E-state index contributed by atoms with van der Waals surface area (Å²) in [5, 5.41) is 8.80. The molecular formula is C19H22N4O6. The highest BCUT2D eigenvalue weighted by atomic mass is 16.5. The van der Waals surface area contributed by atoms with Gasteiger partial charge >= 0.3 is 17.8 Å². The topological polar surface area (TPSA) is 133 Å². The maximum atomic E-state index is 12.0. The van der Waals surface area contributed by atoms with E-state index >= 15 is 0 Å². The maximum absolute atomic E-state index is 12.0. The molecule has 0 aliphatic heterocycles. The number of aromatic nitrogens is 2. The van der Waals surface area contributed by atoms with E-state index in [1.807, 2.05) is 0 Å². The molecule has 10 nitrogen and oxygen atoms in total. The first-order valence-corrected chi connectivity index (χ1v) is 9.36. The Morgan fingerprint density at radius 3 is 2.62 bits per heavy atom. The fraction of sp³-hybridized carbons (Fsp3) is 0.421. The molecule has 0 bridgehead atoms. The molecule has 154 valence electrons. The van der Waals surface area contributed by atoms with Crippen molar-refractivity contribution in [1.82, 2.24) is 20.4 Å². The second-order valence-electron chi connectivity index (χ2n) is 6.77. The van der Waals surface area contributed by atoms with Crippen LogP contribution in [-0.2, 0) is 20.9 Å². The van der Waals surface area contributed by atoms with Crippen molar-refractivity contribution in [2.24, 2.45) is 0 Å². The molecule has 1 aliphatic carbocycles. The highest BCUT2D eigenvalue weighted by Crippen LogP contribution is 2.17. The van der Waals surface area contributed by atoms with Gasteiger partial charge < -0.3 is 14.5 Å². The van der Waals surface area contributed by atoms with E-state index in [9.17, 15) is 19.2 Å². The highest BCUT2D eigenvalue weighted by Gasteiger charge is 2.23. The van der Waals surface area contributed by atoms with Crippen molar-refractivity contribution in [3.05, 3.63) is 40.9 Å². The molecule has 3 rings (SSSR count). The summed E-state index contributed by atoms with van der Waals surface area (Å²) in [5.41, 5.74) is 0.581. The van der Waals surface area contributed by atoms with Gasteiger partial charge in [-0.15, -0.1) is 5.10 Å².